The van der Waals surface area contributed by atoms with Crippen LogP contribution in [0.15, 0.2) is 0 Å². The van der Waals surface area contributed by atoms with Crippen LogP contribution in [0.3, 0.4) is 0 Å². The Bertz CT molecular complexity index is 458. The molecule has 98 valence electrons. The minimum absolute atomic E-state index is 0.139. The van der Waals surface area contributed by atoms with Gasteiger partial charge in [0.25, 0.3) is 0 Å². The zero-order chi connectivity index (χ0) is 13.1. The van der Waals surface area contributed by atoms with E-state index in [-0.39, 0.29) is 23.8 Å². The van der Waals surface area contributed by atoms with Crippen molar-refractivity contribution in [1.29, 1.82) is 0 Å². The number of nitrogens with zero attached hydrogens (tertiary/aromatic N) is 2. The van der Waals surface area contributed by atoms with Crippen LogP contribution in [0, 0.1) is 11.8 Å². The number of hydrogen-bond acceptors (Lipinski definition) is 5. The molecule has 1 saturated carbocycles. The van der Waals surface area contributed by atoms with Crippen molar-refractivity contribution in [2.24, 2.45) is 11.8 Å². The summed E-state index contributed by atoms with van der Waals surface area (Å²) in [6.07, 6.45) is 1.48. The number of ether oxygens (including phenoxy) is 1. The van der Waals surface area contributed by atoms with E-state index in [1.54, 1.807) is 0 Å². The minimum Gasteiger partial charge on any atom is -0.481 e. The Hall–Kier alpha value is -2.12. The number of anilines is 1. The lowest BCUT2D eigenvalue weighted by Crippen LogP contribution is -2.22. The van der Waals surface area contributed by atoms with Crippen molar-refractivity contribution in [1.82, 2.24) is 15.2 Å². The second-order valence-electron chi connectivity index (χ2n) is 4.21. The van der Waals surface area contributed by atoms with Crippen LogP contribution in [0.2, 0.25) is 0 Å². The van der Waals surface area contributed by atoms with Gasteiger partial charge in [-0.1, -0.05) is 0 Å². The van der Waals surface area contributed by atoms with Crippen molar-refractivity contribution >= 4 is 17.8 Å². The van der Waals surface area contributed by atoms with E-state index >= 15 is 0 Å². The molecule has 1 aromatic rings. The molecule has 3 N–H and O–H groups in total. The molecule has 2 atom stereocenters. The minimum atomic E-state index is -0.841. The number of amides is 1. The summed E-state index contributed by atoms with van der Waals surface area (Å²) in [6.45, 7) is 0. The molecule has 1 amide bonds. The van der Waals surface area contributed by atoms with Gasteiger partial charge in [-0.3, -0.25) is 14.9 Å². The van der Waals surface area contributed by atoms with Gasteiger partial charge < -0.3 is 9.84 Å². The van der Waals surface area contributed by atoms with E-state index in [4.69, 9.17) is 9.84 Å². The van der Waals surface area contributed by atoms with Crippen molar-refractivity contribution < 1.29 is 19.4 Å². The van der Waals surface area contributed by atoms with Gasteiger partial charge >= 0.3 is 12.0 Å². The number of carboxylic acids is 1. The molecular formula is C10H14N4O4. The van der Waals surface area contributed by atoms with E-state index in [1.807, 2.05) is 0 Å². The van der Waals surface area contributed by atoms with Crippen LogP contribution in [0.25, 0.3) is 0 Å². The van der Waals surface area contributed by atoms with Gasteiger partial charge in [-0.25, -0.2) is 5.10 Å². The van der Waals surface area contributed by atoms with E-state index in [0.717, 1.165) is 0 Å². The van der Waals surface area contributed by atoms with Gasteiger partial charge in [0.05, 0.1) is 13.0 Å². The fourth-order valence-electron chi connectivity index (χ4n) is 2.06. The largest absolute Gasteiger partial charge is 0.481 e. The summed E-state index contributed by atoms with van der Waals surface area (Å²) in [4.78, 5) is 26.5. The highest BCUT2D eigenvalue weighted by molar-refractivity contribution is 5.91. The van der Waals surface area contributed by atoms with E-state index in [9.17, 15) is 9.59 Å². The molecule has 0 saturated heterocycles. The number of aromatic nitrogens is 3. The van der Waals surface area contributed by atoms with Gasteiger partial charge in [0.1, 0.15) is 0 Å². The summed E-state index contributed by atoms with van der Waals surface area (Å²) >= 11 is 0. The van der Waals surface area contributed by atoms with Gasteiger partial charge in [-0.2, -0.15) is 4.98 Å². The van der Waals surface area contributed by atoms with Crippen molar-refractivity contribution in [3.05, 3.63) is 0 Å². The van der Waals surface area contributed by atoms with Crippen LogP contribution in [0.1, 0.15) is 19.3 Å². The molecule has 18 heavy (non-hydrogen) atoms. The molecule has 0 aliphatic heterocycles. The third-order valence-electron chi connectivity index (χ3n) is 3.04. The number of methoxy groups -OCH3 is 1. The highest BCUT2D eigenvalue weighted by Gasteiger charge is 2.34. The van der Waals surface area contributed by atoms with E-state index in [1.165, 1.54) is 7.11 Å². The fourth-order valence-corrected chi connectivity index (χ4v) is 2.06. The smallest absolute Gasteiger partial charge is 0.336 e. The summed E-state index contributed by atoms with van der Waals surface area (Å²) in [5.74, 6) is -1.59. The van der Waals surface area contributed by atoms with Gasteiger partial charge in [0.15, 0.2) is 0 Å². The van der Waals surface area contributed by atoms with Crippen LogP contribution < -0.4 is 10.1 Å². The van der Waals surface area contributed by atoms with E-state index in [0.29, 0.717) is 19.3 Å². The SMILES string of the molecule is COc1n[nH]c(NC(=O)C2CCC(C(=O)O)C2)n1. The molecule has 1 aliphatic carbocycles. The number of rotatable bonds is 4. The van der Waals surface area contributed by atoms with Crippen molar-refractivity contribution in [2.75, 3.05) is 12.4 Å². The molecule has 8 heteroatoms. The number of carbonyl (C=O) groups excluding carboxylic acids is 1. The summed E-state index contributed by atoms with van der Waals surface area (Å²) in [7, 11) is 1.42. The molecule has 0 aromatic carbocycles. The second kappa shape index (κ2) is 5.03. The van der Waals surface area contributed by atoms with E-state index < -0.39 is 11.9 Å². The molecular weight excluding hydrogens is 240 g/mol. The Morgan fingerprint density at radius 1 is 1.44 bits per heavy atom. The summed E-state index contributed by atoms with van der Waals surface area (Å²) in [6, 6.07) is 0.139. The first kappa shape index (κ1) is 12.3. The van der Waals surface area contributed by atoms with Gasteiger partial charge in [-0.15, -0.1) is 5.10 Å². The lowest BCUT2D eigenvalue weighted by atomic mass is 10.0. The number of hydrogen-bond donors (Lipinski definition) is 3. The Balaban J connectivity index is 1.91. The molecule has 1 heterocycles. The van der Waals surface area contributed by atoms with E-state index in [2.05, 4.69) is 20.5 Å². The molecule has 0 spiro atoms. The predicted octanol–water partition coefficient (Wildman–Crippen LogP) is 0.253. The zero-order valence-corrected chi connectivity index (χ0v) is 9.84. The first-order valence-corrected chi connectivity index (χ1v) is 5.60. The number of aromatic amines is 1. The van der Waals surface area contributed by atoms with Crippen LogP contribution in [0.4, 0.5) is 5.95 Å². The van der Waals surface area contributed by atoms with Crippen LogP contribution in [-0.2, 0) is 9.59 Å². The number of H-pyrrole nitrogens is 1. The highest BCUT2D eigenvalue weighted by Crippen LogP contribution is 2.31. The lowest BCUT2D eigenvalue weighted by molar-refractivity contribution is -0.141. The van der Waals surface area contributed by atoms with Crippen LogP contribution >= 0.6 is 0 Å². The molecule has 1 fully saturated rings. The molecule has 2 rings (SSSR count). The maximum atomic E-state index is 11.8. The maximum absolute atomic E-state index is 11.8. The maximum Gasteiger partial charge on any atom is 0.336 e. The molecule has 1 aliphatic rings. The second-order valence-corrected chi connectivity index (χ2v) is 4.21. The third-order valence-corrected chi connectivity index (χ3v) is 3.04. The van der Waals surface area contributed by atoms with Gasteiger partial charge in [-0.05, 0) is 19.3 Å². The third kappa shape index (κ3) is 2.58. The van der Waals surface area contributed by atoms with Gasteiger partial charge in [0.2, 0.25) is 11.9 Å². The molecule has 0 bridgehead atoms. The average molecular weight is 254 g/mol. The molecule has 8 nitrogen and oxygen atoms in total. The number of carboxylic acid groups (broad SMARTS) is 1. The normalized spacial score (nSPS) is 22.7. The van der Waals surface area contributed by atoms with Crippen LogP contribution in [0.5, 0.6) is 6.01 Å². The van der Waals surface area contributed by atoms with Crippen molar-refractivity contribution in [2.45, 2.75) is 19.3 Å². The van der Waals surface area contributed by atoms with Crippen LogP contribution in [-0.4, -0.2) is 39.3 Å². The Morgan fingerprint density at radius 3 is 2.72 bits per heavy atom. The van der Waals surface area contributed by atoms with Crippen molar-refractivity contribution in [3.8, 4) is 6.01 Å². The Kier molecular flexibility index (Phi) is 3.45. The number of aliphatic carboxylic acids is 1. The Labute approximate surface area is 103 Å². The molecule has 1 aromatic heterocycles. The van der Waals surface area contributed by atoms with Gasteiger partial charge in [0, 0.05) is 5.92 Å². The standard InChI is InChI=1S/C10H14N4O4/c1-18-10-12-9(13-14-10)11-7(15)5-2-3-6(4-5)8(16)17/h5-6H,2-4H2,1H3,(H,16,17)(H2,11,12,13,14,15). The molecule has 2 unspecified atom stereocenters. The average Bonchev–Trinajstić information content (AvgIpc) is 2.97. The summed E-state index contributed by atoms with van der Waals surface area (Å²) in [5, 5.41) is 17.6. The summed E-state index contributed by atoms with van der Waals surface area (Å²) in [5.41, 5.74) is 0. The monoisotopic (exact) mass is 254 g/mol. The molecule has 0 radical (unpaired) electrons. The zero-order valence-electron chi connectivity index (χ0n) is 9.84. The lowest BCUT2D eigenvalue weighted by Gasteiger charge is -2.08. The fraction of sp³-hybridized carbons (Fsp3) is 0.600. The highest BCUT2D eigenvalue weighted by atomic mass is 16.5. The number of carbonyl (C=O) groups is 2. The van der Waals surface area contributed by atoms with Crippen molar-refractivity contribution in [3.63, 3.8) is 0 Å². The quantitative estimate of drug-likeness (QED) is 0.709. The first-order chi connectivity index (χ1) is 8.60. The first-order valence-electron chi connectivity index (χ1n) is 5.60. The summed E-state index contributed by atoms with van der Waals surface area (Å²) < 4.78 is 4.77. The Morgan fingerprint density at radius 2 is 2.17 bits per heavy atom. The number of nitrogens with one attached hydrogen (secondary N) is 2. The predicted molar refractivity (Wildman–Crippen MR) is 60.0 cm³/mol. The topological polar surface area (TPSA) is 117 Å².